The zero-order valence-electron chi connectivity index (χ0n) is 13.5. The number of alkyl halides is 1. The van der Waals surface area contributed by atoms with E-state index in [4.69, 9.17) is 4.74 Å². The van der Waals surface area contributed by atoms with Gasteiger partial charge in [-0.25, -0.2) is 0 Å². The Balaban J connectivity index is 1.61. The third-order valence-electron chi connectivity index (χ3n) is 5.66. The monoisotopic (exact) mass is 371 g/mol. The Hall–Kier alpha value is -0.580. The van der Waals surface area contributed by atoms with E-state index in [0.717, 1.165) is 31.1 Å². The van der Waals surface area contributed by atoms with Crippen molar-refractivity contribution < 1.29 is 14.3 Å². The second-order valence-corrected chi connectivity index (χ2v) is 9.50. The van der Waals surface area contributed by atoms with Crippen molar-refractivity contribution in [3.8, 4) is 0 Å². The van der Waals surface area contributed by atoms with Gasteiger partial charge in [0.15, 0.2) is 6.10 Å². The van der Waals surface area contributed by atoms with Crippen LogP contribution in [0.3, 0.4) is 0 Å². The zero-order chi connectivity index (χ0) is 16.0. The van der Waals surface area contributed by atoms with E-state index in [-0.39, 0.29) is 21.6 Å². The summed E-state index contributed by atoms with van der Waals surface area (Å²) in [6, 6.07) is 0. The molecule has 0 radical (unpaired) electrons. The van der Waals surface area contributed by atoms with Crippen LogP contribution in [0.4, 0.5) is 0 Å². The van der Waals surface area contributed by atoms with Crippen molar-refractivity contribution in [3.05, 3.63) is 0 Å². The van der Waals surface area contributed by atoms with Crippen LogP contribution in [0.1, 0.15) is 58.8 Å². The van der Waals surface area contributed by atoms with Crippen LogP contribution in [0.5, 0.6) is 0 Å². The minimum atomic E-state index is -0.695. The summed E-state index contributed by atoms with van der Waals surface area (Å²) in [6.45, 7) is 4.06. The number of ether oxygens (including phenoxy) is 1. The van der Waals surface area contributed by atoms with E-state index < -0.39 is 6.10 Å². The van der Waals surface area contributed by atoms with Crippen LogP contribution in [-0.4, -0.2) is 28.8 Å². The molecule has 0 spiro atoms. The van der Waals surface area contributed by atoms with E-state index in [9.17, 15) is 9.59 Å². The lowest BCUT2D eigenvalue weighted by Crippen LogP contribution is -2.53. The molecule has 0 aromatic carbocycles. The number of hydrogen-bond donors (Lipinski definition) is 1. The standard InChI is InChI=1S/C17H26BrNO3/c1-3-19-15(21)11(2)22-14(20)9-16-5-12-4-13(6-16)8-17(18,7-12)10-16/h11-13H,3-10H2,1-2H3,(H,19,21)/t11-,12-,13+,16?,17?/m0/s1. The Morgan fingerprint density at radius 3 is 2.45 bits per heavy atom. The highest BCUT2D eigenvalue weighted by atomic mass is 79.9. The van der Waals surface area contributed by atoms with Crippen molar-refractivity contribution in [2.24, 2.45) is 17.3 Å². The first-order valence-electron chi connectivity index (χ1n) is 8.49. The molecule has 1 amide bonds. The Morgan fingerprint density at radius 2 is 1.91 bits per heavy atom. The normalized spacial score (nSPS) is 40.3. The molecule has 0 aromatic rings. The number of likely N-dealkylation sites (N-methyl/N-ethyl adjacent to an activating group) is 1. The average molecular weight is 372 g/mol. The summed E-state index contributed by atoms with van der Waals surface area (Å²) < 4.78 is 5.62. The number of esters is 1. The van der Waals surface area contributed by atoms with Crippen LogP contribution in [0.15, 0.2) is 0 Å². The fourth-order valence-electron chi connectivity index (χ4n) is 5.46. The van der Waals surface area contributed by atoms with Crippen LogP contribution in [0.2, 0.25) is 0 Å². The molecule has 1 N–H and O–H groups in total. The van der Waals surface area contributed by atoms with Gasteiger partial charge in [0, 0.05) is 10.9 Å². The van der Waals surface area contributed by atoms with Crippen molar-refractivity contribution in [1.82, 2.24) is 5.32 Å². The molecule has 0 aliphatic heterocycles. The fraction of sp³-hybridized carbons (Fsp3) is 0.882. The highest BCUT2D eigenvalue weighted by molar-refractivity contribution is 9.10. The van der Waals surface area contributed by atoms with E-state index in [2.05, 4.69) is 21.2 Å². The van der Waals surface area contributed by atoms with Crippen molar-refractivity contribution >= 4 is 27.8 Å². The van der Waals surface area contributed by atoms with Crippen LogP contribution in [0.25, 0.3) is 0 Å². The first kappa shape index (κ1) is 16.3. The van der Waals surface area contributed by atoms with Gasteiger partial charge in [0.2, 0.25) is 0 Å². The van der Waals surface area contributed by atoms with Gasteiger partial charge in [-0.2, -0.15) is 0 Å². The first-order chi connectivity index (χ1) is 10.3. The van der Waals surface area contributed by atoms with E-state index in [0.29, 0.717) is 13.0 Å². The van der Waals surface area contributed by atoms with Gasteiger partial charge < -0.3 is 10.1 Å². The fourth-order valence-corrected chi connectivity index (χ4v) is 6.97. The molecule has 4 nitrogen and oxygen atoms in total. The lowest BCUT2D eigenvalue weighted by molar-refractivity contribution is -0.160. The summed E-state index contributed by atoms with van der Waals surface area (Å²) in [4.78, 5) is 24.0. The molecular weight excluding hydrogens is 346 g/mol. The van der Waals surface area contributed by atoms with Crippen LogP contribution in [0, 0.1) is 17.3 Å². The molecule has 124 valence electrons. The zero-order valence-corrected chi connectivity index (χ0v) is 15.1. The first-order valence-corrected chi connectivity index (χ1v) is 9.28. The van der Waals surface area contributed by atoms with Gasteiger partial charge in [0.1, 0.15) is 0 Å². The number of carbonyl (C=O) groups is 2. The summed E-state index contributed by atoms with van der Waals surface area (Å²) in [6.07, 6.45) is 7.02. The van der Waals surface area contributed by atoms with Crippen molar-refractivity contribution in [1.29, 1.82) is 0 Å². The van der Waals surface area contributed by atoms with Crippen LogP contribution >= 0.6 is 15.9 Å². The lowest BCUT2D eigenvalue weighted by Gasteiger charge is -2.60. The Labute approximate surface area is 140 Å². The minimum Gasteiger partial charge on any atom is -0.453 e. The molecule has 5 heteroatoms. The number of rotatable bonds is 5. The Bertz CT molecular complexity index is 465. The third-order valence-corrected chi connectivity index (χ3v) is 6.59. The number of halogens is 1. The highest BCUT2D eigenvalue weighted by Gasteiger charge is 2.57. The van der Waals surface area contributed by atoms with Crippen molar-refractivity contribution in [2.45, 2.75) is 69.2 Å². The SMILES string of the molecule is CCNC(=O)[C@H](C)OC(=O)CC12C[C@@H]3C[C@@H](CC(Br)(C3)C1)C2. The number of amides is 1. The molecule has 2 unspecified atom stereocenters. The lowest BCUT2D eigenvalue weighted by atomic mass is 9.49. The molecule has 0 aromatic heterocycles. The van der Waals surface area contributed by atoms with Gasteiger partial charge in [-0.05, 0) is 69.6 Å². The second kappa shape index (κ2) is 5.81. The van der Waals surface area contributed by atoms with Gasteiger partial charge in [0.05, 0.1) is 6.42 Å². The summed E-state index contributed by atoms with van der Waals surface area (Å²) in [7, 11) is 0. The molecule has 4 saturated carbocycles. The molecule has 4 rings (SSSR count). The summed E-state index contributed by atoms with van der Waals surface area (Å²) in [5.74, 6) is 1.10. The van der Waals surface area contributed by atoms with Gasteiger partial charge in [-0.15, -0.1) is 0 Å². The van der Waals surface area contributed by atoms with Gasteiger partial charge in [-0.3, -0.25) is 9.59 Å². The molecule has 0 saturated heterocycles. The van der Waals surface area contributed by atoms with E-state index in [1.54, 1.807) is 6.92 Å². The molecule has 0 heterocycles. The number of nitrogens with one attached hydrogen (secondary N) is 1. The molecule has 4 aliphatic rings. The topological polar surface area (TPSA) is 55.4 Å². The number of carbonyl (C=O) groups excluding carboxylic acids is 2. The maximum Gasteiger partial charge on any atom is 0.307 e. The van der Waals surface area contributed by atoms with E-state index >= 15 is 0 Å². The molecule has 5 atom stereocenters. The molecule has 4 fully saturated rings. The largest absolute Gasteiger partial charge is 0.453 e. The molecule has 4 bridgehead atoms. The predicted molar refractivity (Wildman–Crippen MR) is 87.6 cm³/mol. The summed E-state index contributed by atoms with van der Waals surface area (Å²) >= 11 is 3.96. The highest BCUT2D eigenvalue weighted by Crippen LogP contribution is 2.65. The van der Waals surface area contributed by atoms with Crippen molar-refractivity contribution in [2.75, 3.05) is 6.54 Å². The van der Waals surface area contributed by atoms with Crippen LogP contribution in [-0.2, 0) is 14.3 Å². The summed E-state index contributed by atoms with van der Waals surface area (Å²) in [5.41, 5.74) is 0.103. The number of hydrogen-bond acceptors (Lipinski definition) is 3. The van der Waals surface area contributed by atoms with Crippen LogP contribution < -0.4 is 5.32 Å². The summed E-state index contributed by atoms with van der Waals surface area (Å²) in [5, 5.41) is 2.69. The smallest absolute Gasteiger partial charge is 0.307 e. The average Bonchev–Trinajstić information content (AvgIpc) is 2.34. The maximum absolute atomic E-state index is 12.3. The molecule has 22 heavy (non-hydrogen) atoms. The quantitative estimate of drug-likeness (QED) is 0.596. The Morgan fingerprint density at radius 1 is 1.27 bits per heavy atom. The van der Waals surface area contributed by atoms with Gasteiger partial charge in [0.25, 0.3) is 5.91 Å². The minimum absolute atomic E-state index is 0.103. The molecular formula is C17H26BrNO3. The Kier molecular flexibility index (Phi) is 4.30. The maximum atomic E-state index is 12.3. The van der Waals surface area contributed by atoms with Gasteiger partial charge in [-0.1, -0.05) is 15.9 Å². The van der Waals surface area contributed by atoms with Crippen molar-refractivity contribution in [3.63, 3.8) is 0 Å². The predicted octanol–water partition coefficient (Wildman–Crippen LogP) is 3.18. The van der Waals surface area contributed by atoms with E-state index in [1.807, 2.05) is 6.92 Å². The third kappa shape index (κ3) is 3.19. The second-order valence-electron chi connectivity index (χ2n) is 7.82. The molecule has 4 aliphatic carbocycles. The van der Waals surface area contributed by atoms with E-state index in [1.165, 1.54) is 19.3 Å². The van der Waals surface area contributed by atoms with Gasteiger partial charge >= 0.3 is 5.97 Å².